The molecular weight excluding hydrogens is 262 g/mol. The molecule has 2 heteroatoms. The monoisotopic (exact) mass is 289 g/mol. The molecular formula is C18H27NS. The number of nitrogens with one attached hydrogen (secondary N) is 1. The van der Waals surface area contributed by atoms with Gasteiger partial charge in [0.25, 0.3) is 0 Å². The largest absolute Gasteiger partial charge is 0.310 e. The van der Waals surface area contributed by atoms with Crippen molar-refractivity contribution in [1.82, 2.24) is 5.32 Å². The fraction of sp³-hybridized carbons (Fsp3) is 0.556. The lowest BCUT2D eigenvalue weighted by atomic mass is 9.95. The van der Waals surface area contributed by atoms with Crippen LogP contribution in [-0.4, -0.2) is 18.3 Å². The van der Waals surface area contributed by atoms with Crippen molar-refractivity contribution in [2.45, 2.75) is 56.4 Å². The highest BCUT2D eigenvalue weighted by Crippen LogP contribution is 2.24. The molecule has 0 aromatic heterocycles. The zero-order valence-electron chi connectivity index (χ0n) is 12.6. The quantitative estimate of drug-likeness (QED) is 0.582. The summed E-state index contributed by atoms with van der Waals surface area (Å²) in [6, 6.07) is 11.3. The van der Waals surface area contributed by atoms with Gasteiger partial charge in [-0.1, -0.05) is 49.6 Å². The Labute approximate surface area is 128 Å². The topological polar surface area (TPSA) is 12.0 Å². The highest BCUT2D eigenvalue weighted by molar-refractivity contribution is 7.99. The zero-order chi connectivity index (χ0) is 14.0. The van der Waals surface area contributed by atoms with Crippen molar-refractivity contribution >= 4 is 11.8 Å². The van der Waals surface area contributed by atoms with Gasteiger partial charge < -0.3 is 5.32 Å². The van der Waals surface area contributed by atoms with E-state index < -0.39 is 0 Å². The Hall–Kier alpha value is -0.730. The van der Waals surface area contributed by atoms with Crippen molar-refractivity contribution in [3.8, 4) is 0 Å². The van der Waals surface area contributed by atoms with E-state index in [0.717, 1.165) is 12.3 Å². The summed E-state index contributed by atoms with van der Waals surface area (Å²) in [5.74, 6) is 1.14. The van der Waals surface area contributed by atoms with E-state index in [9.17, 15) is 0 Å². The molecule has 0 radical (unpaired) electrons. The molecule has 2 rings (SSSR count). The van der Waals surface area contributed by atoms with Gasteiger partial charge in [-0.25, -0.2) is 0 Å². The maximum absolute atomic E-state index is 3.68. The number of likely N-dealkylation sites (N-methyl/N-ethyl adjacent to an activating group) is 1. The molecule has 0 saturated carbocycles. The molecule has 0 aliphatic heterocycles. The summed E-state index contributed by atoms with van der Waals surface area (Å²) >= 11 is 1.97. The highest BCUT2D eigenvalue weighted by Gasteiger charge is 2.14. The second-order valence-corrected chi connectivity index (χ2v) is 6.56. The van der Waals surface area contributed by atoms with Crippen LogP contribution < -0.4 is 5.32 Å². The molecule has 1 nitrogen and oxygen atoms in total. The lowest BCUT2D eigenvalue weighted by Crippen LogP contribution is -2.33. The molecule has 1 aliphatic carbocycles. The molecule has 1 aromatic carbocycles. The first-order valence-electron chi connectivity index (χ1n) is 8.00. The van der Waals surface area contributed by atoms with Crippen LogP contribution in [0.15, 0.2) is 46.9 Å². The summed E-state index contributed by atoms with van der Waals surface area (Å²) in [6.07, 6.45) is 10.6. The summed E-state index contributed by atoms with van der Waals surface area (Å²) in [6.45, 7) is 3.26. The molecule has 0 fully saturated rings. The van der Waals surface area contributed by atoms with E-state index in [0.29, 0.717) is 6.04 Å². The molecule has 1 N–H and O–H groups in total. The van der Waals surface area contributed by atoms with Crippen LogP contribution in [0, 0.1) is 0 Å². The molecule has 0 amide bonds. The normalized spacial score (nSPS) is 20.6. The average Bonchev–Trinajstić information content (AvgIpc) is 2.45. The van der Waals surface area contributed by atoms with Crippen molar-refractivity contribution in [1.29, 1.82) is 0 Å². The Kier molecular flexibility index (Phi) is 7.24. The SMILES string of the molecule is CCNC(CSc1ccccc1)/C1=C/CCCCCC1. The van der Waals surface area contributed by atoms with Crippen molar-refractivity contribution < 1.29 is 0 Å². The summed E-state index contributed by atoms with van der Waals surface area (Å²) in [7, 11) is 0. The average molecular weight is 289 g/mol. The lowest BCUT2D eigenvalue weighted by molar-refractivity contribution is 0.566. The van der Waals surface area contributed by atoms with E-state index in [1.54, 1.807) is 5.57 Å². The van der Waals surface area contributed by atoms with Crippen LogP contribution in [0.25, 0.3) is 0 Å². The van der Waals surface area contributed by atoms with Crippen LogP contribution in [0.1, 0.15) is 45.4 Å². The van der Waals surface area contributed by atoms with Crippen molar-refractivity contribution in [3.05, 3.63) is 42.0 Å². The van der Waals surface area contributed by atoms with Gasteiger partial charge in [-0.3, -0.25) is 0 Å². The molecule has 110 valence electrons. The van der Waals surface area contributed by atoms with Gasteiger partial charge in [0.1, 0.15) is 0 Å². The first kappa shape index (κ1) is 15.7. The second-order valence-electron chi connectivity index (χ2n) is 5.47. The minimum absolute atomic E-state index is 0.545. The van der Waals surface area contributed by atoms with E-state index >= 15 is 0 Å². The number of thioether (sulfide) groups is 1. The molecule has 1 atom stereocenters. The van der Waals surface area contributed by atoms with Gasteiger partial charge in [0.15, 0.2) is 0 Å². The lowest BCUT2D eigenvalue weighted by Gasteiger charge is -2.23. The Bertz CT molecular complexity index is 399. The molecule has 0 heterocycles. The zero-order valence-corrected chi connectivity index (χ0v) is 13.4. The predicted octanol–water partition coefficient (Wildman–Crippen LogP) is 5.04. The smallest absolute Gasteiger partial charge is 0.0374 e. The van der Waals surface area contributed by atoms with Gasteiger partial charge in [-0.05, 0) is 44.4 Å². The second kappa shape index (κ2) is 9.25. The summed E-state index contributed by atoms with van der Waals surface area (Å²) in [4.78, 5) is 1.38. The predicted molar refractivity (Wildman–Crippen MR) is 90.4 cm³/mol. The summed E-state index contributed by atoms with van der Waals surface area (Å²) in [5.41, 5.74) is 1.65. The molecule has 1 unspecified atom stereocenters. The van der Waals surface area contributed by atoms with Crippen LogP contribution in [0.2, 0.25) is 0 Å². The molecule has 0 saturated heterocycles. The van der Waals surface area contributed by atoms with E-state index in [1.807, 2.05) is 11.8 Å². The van der Waals surface area contributed by atoms with E-state index in [2.05, 4.69) is 48.6 Å². The molecule has 0 bridgehead atoms. The fourth-order valence-electron chi connectivity index (χ4n) is 2.77. The maximum atomic E-state index is 3.68. The van der Waals surface area contributed by atoms with E-state index in [4.69, 9.17) is 0 Å². The molecule has 1 aromatic rings. The number of hydrogen-bond acceptors (Lipinski definition) is 2. The van der Waals surface area contributed by atoms with Crippen LogP contribution in [-0.2, 0) is 0 Å². The van der Waals surface area contributed by atoms with Gasteiger partial charge >= 0.3 is 0 Å². The van der Waals surface area contributed by atoms with Crippen molar-refractivity contribution in [2.75, 3.05) is 12.3 Å². The number of allylic oxidation sites excluding steroid dienone is 1. The first-order valence-corrected chi connectivity index (χ1v) is 8.99. The Morgan fingerprint density at radius 3 is 2.70 bits per heavy atom. The summed E-state index contributed by atoms with van der Waals surface area (Å²) in [5, 5.41) is 3.68. The van der Waals surface area contributed by atoms with Crippen LogP contribution in [0.4, 0.5) is 0 Å². The Morgan fingerprint density at radius 2 is 1.90 bits per heavy atom. The van der Waals surface area contributed by atoms with Crippen molar-refractivity contribution in [3.63, 3.8) is 0 Å². The van der Waals surface area contributed by atoms with Gasteiger partial charge in [0, 0.05) is 16.7 Å². The van der Waals surface area contributed by atoms with E-state index in [1.165, 1.54) is 43.4 Å². The third kappa shape index (κ3) is 5.34. The van der Waals surface area contributed by atoms with Crippen LogP contribution in [0.5, 0.6) is 0 Å². The molecule has 0 spiro atoms. The van der Waals surface area contributed by atoms with Crippen LogP contribution >= 0.6 is 11.8 Å². The van der Waals surface area contributed by atoms with Gasteiger partial charge in [0.2, 0.25) is 0 Å². The van der Waals surface area contributed by atoms with Gasteiger partial charge in [-0.15, -0.1) is 11.8 Å². The van der Waals surface area contributed by atoms with Crippen LogP contribution in [0.3, 0.4) is 0 Å². The minimum Gasteiger partial charge on any atom is -0.310 e. The Morgan fingerprint density at radius 1 is 1.10 bits per heavy atom. The fourth-order valence-corrected chi connectivity index (χ4v) is 3.81. The number of hydrogen-bond donors (Lipinski definition) is 1. The third-order valence-corrected chi connectivity index (χ3v) is 4.99. The van der Waals surface area contributed by atoms with Gasteiger partial charge in [0.05, 0.1) is 0 Å². The molecule has 1 aliphatic rings. The van der Waals surface area contributed by atoms with Gasteiger partial charge in [-0.2, -0.15) is 0 Å². The third-order valence-electron chi connectivity index (χ3n) is 3.88. The summed E-state index contributed by atoms with van der Waals surface area (Å²) < 4.78 is 0. The highest BCUT2D eigenvalue weighted by atomic mass is 32.2. The first-order chi connectivity index (χ1) is 9.90. The number of benzene rings is 1. The minimum atomic E-state index is 0.545. The molecule has 20 heavy (non-hydrogen) atoms. The van der Waals surface area contributed by atoms with Crippen molar-refractivity contribution in [2.24, 2.45) is 0 Å². The standard InChI is InChI=1S/C18H27NS/c1-2-19-18(15-20-17-13-9-6-10-14-17)16-11-7-4-3-5-8-12-16/h6,9-11,13-14,18-19H,2-5,7-8,12,15H2,1H3/b16-11+. The van der Waals surface area contributed by atoms with E-state index in [-0.39, 0.29) is 0 Å². The maximum Gasteiger partial charge on any atom is 0.0374 e. The Balaban J connectivity index is 1.94. The number of rotatable bonds is 6.